The van der Waals surface area contributed by atoms with Crippen LogP contribution in [0.5, 0.6) is 0 Å². The molecule has 62 heavy (non-hydrogen) atoms. The number of furan rings is 1. The lowest BCUT2D eigenvalue weighted by Gasteiger charge is -2.34. The Morgan fingerprint density at radius 3 is 1.60 bits per heavy atom. The Hall–Kier alpha value is -8.14. The van der Waals surface area contributed by atoms with Gasteiger partial charge in [-0.25, -0.2) is 9.97 Å². The molecule has 0 N–H and O–H groups in total. The quantitative estimate of drug-likeness (QED) is 0.161. The molecule has 0 atom stereocenters. The van der Waals surface area contributed by atoms with Crippen molar-refractivity contribution >= 4 is 21.9 Å². The van der Waals surface area contributed by atoms with E-state index in [1.807, 2.05) is 30.3 Å². The summed E-state index contributed by atoms with van der Waals surface area (Å²) in [5, 5.41) is 2.26. The molecule has 9 aromatic carbocycles. The molecule has 0 saturated heterocycles. The van der Waals surface area contributed by atoms with Crippen LogP contribution in [0.4, 0.5) is 0 Å². The number of aromatic nitrogens is 2. The molecule has 3 heteroatoms. The minimum absolute atomic E-state index is 0.517. The molecule has 0 fully saturated rings. The van der Waals surface area contributed by atoms with Crippen LogP contribution in [0.2, 0.25) is 0 Å². The molecule has 2 aromatic heterocycles. The molecule has 1 aliphatic carbocycles. The first-order chi connectivity index (χ1) is 30.7. The number of para-hydroxylation sites is 2. The zero-order valence-electron chi connectivity index (χ0n) is 33.7. The maximum atomic E-state index is 6.41. The normalized spacial score (nSPS) is 12.6. The van der Waals surface area contributed by atoms with E-state index in [-0.39, 0.29) is 0 Å². The zero-order valence-corrected chi connectivity index (χ0v) is 33.7. The summed E-state index contributed by atoms with van der Waals surface area (Å²) in [5.74, 6) is 0.684. The predicted octanol–water partition coefficient (Wildman–Crippen LogP) is 15.1. The van der Waals surface area contributed by atoms with E-state index in [0.717, 1.165) is 72.3 Å². The maximum Gasteiger partial charge on any atom is 0.160 e. The molecule has 1 aliphatic rings. The van der Waals surface area contributed by atoms with Crippen molar-refractivity contribution in [2.24, 2.45) is 0 Å². The fourth-order valence-corrected chi connectivity index (χ4v) is 9.82. The van der Waals surface area contributed by atoms with Crippen LogP contribution in [0, 0.1) is 0 Å². The van der Waals surface area contributed by atoms with Gasteiger partial charge in [0.25, 0.3) is 0 Å². The van der Waals surface area contributed by atoms with E-state index >= 15 is 0 Å². The number of hydrogen-bond acceptors (Lipinski definition) is 3. The molecule has 2 heterocycles. The van der Waals surface area contributed by atoms with Crippen molar-refractivity contribution in [3.8, 4) is 67.3 Å². The molecule has 3 nitrogen and oxygen atoms in total. The summed E-state index contributed by atoms with van der Waals surface area (Å²) in [5.41, 5.74) is 17.9. The van der Waals surface area contributed by atoms with Crippen molar-refractivity contribution in [2.45, 2.75) is 5.41 Å². The fourth-order valence-electron chi connectivity index (χ4n) is 9.82. The predicted molar refractivity (Wildman–Crippen MR) is 254 cm³/mol. The summed E-state index contributed by atoms with van der Waals surface area (Å²) in [4.78, 5) is 10.6. The Kier molecular flexibility index (Phi) is 8.39. The molecule has 0 saturated carbocycles. The van der Waals surface area contributed by atoms with Crippen LogP contribution in [0.25, 0.3) is 89.2 Å². The van der Waals surface area contributed by atoms with Crippen LogP contribution in [0.15, 0.2) is 235 Å². The van der Waals surface area contributed by atoms with Crippen molar-refractivity contribution in [1.82, 2.24) is 9.97 Å². The lowest BCUT2D eigenvalue weighted by molar-refractivity contribution is 0.670. The second kappa shape index (κ2) is 14.5. The SMILES string of the molecule is c1ccc(-c2nc(-c3ccc4c(c3)C(c3ccccc3)(c3ccccc3)c3ccccc3-4)cc(-c3ccccc3-c3ccc(-c4cccc5c4oc4ccccc45)cc3)n2)cc1. The first-order valence-corrected chi connectivity index (χ1v) is 21.1. The first-order valence-electron chi connectivity index (χ1n) is 21.1. The molecule has 0 unspecified atom stereocenters. The van der Waals surface area contributed by atoms with Gasteiger partial charge < -0.3 is 4.42 Å². The van der Waals surface area contributed by atoms with Gasteiger partial charge in [-0.1, -0.05) is 212 Å². The van der Waals surface area contributed by atoms with Crippen molar-refractivity contribution in [1.29, 1.82) is 0 Å². The van der Waals surface area contributed by atoms with Gasteiger partial charge in [0.05, 0.1) is 16.8 Å². The van der Waals surface area contributed by atoms with E-state index in [0.29, 0.717) is 5.82 Å². The minimum Gasteiger partial charge on any atom is -0.455 e. The molecule has 0 amide bonds. The van der Waals surface area contributed by atoms with Crippen molar-refractivity contribution in [2.75, 3.05) is 0 Å². The highest BCUT2D eigenvalue weighted by Gasteiger charge is 2.46. The van der Waals surface area contributed by atoms with Crippen molar-refractivity contribution in [3.05, 3.63) is 253 Å². The van der Waals surface area contributed by atoms with E-state index < -0.39 is 5.41 Å². The van der Waals surface area contributed by atoms with Gasteiger partial charge in [0.1, 0.15) is 11.2 Å². The van der Waals surface area contributed by atoms with Gasteiger partial charge in [-0.15, -0.1) is 0 Å². The minimum atomic E-state index is -0.517. The Morgan fingerprint density at radius 1 is 0.323 bits per heavy atom. The van der Waals surface area contributed by atoms with E-state index in [9.17, 15) is 0 Å². The average molecular weight is 791 g/mol. The highest BCUT2D eigenvalue weighted by molar-refractivity contribution is 6.09. The topological polar surface area (TPSA) is 38.9 Å². The summed E-state index contributed by atoms with van der Waals surface area (Å²) in [7, 11) is 0. The van der Waals surface area contributed by atoms with Crippen LogP contribution in [-0.4, -0.2) is 9.97 Å². The molecule has 0 bridgehead atoms. The Labute approximate surface area is 360 Å². The molecule has 0 aliphatic heterocycles. The second-order valence-corrected chi connectivity index (χ2v) is 16.0. The van der Waals surface area contributed by atoms with Crippen LogP contribution in [0.1, 0.15) is 22.3 Å². The van der Waals surface area contributed by atoms with Crippen molar-refractivity contribution in [3.63, 3.8) is 0 Å². The summed E-state index contributed by atoms with van der Waals surface area (Å²) in [6, 6.07) is 82.2. The highest BCUT2D eigenvalue weighted by atomic mass is 16.3. The summed E-state index contributed by atoms with van der Waals surface area (Å²) in [6.07, 6.45) is 0. The van der Waals surface area contributed by atoms with E-state index in [4.69, 9.17) is 14.4 Å². The smallest absolute Gasteiger partial charge is 0.160 e. The first kappa shape index (κ1) is 35.8. The second-order valence-electron chi connectivity index (χ2n) is 16.0. The average Bonchev–Trinajstić information content (AvgIpc) is 3.89. The van der Waals surface area contributed by atoms with Gasteiger partial charge in [0.15, 0.2) is 5.82 Å². The van der Waals surface area contributed by atoms with Crippen molar-refractivity contribution < 1.29 is 4.42 Å². The lowest BCUT2D eigenvalue weighted by Crippen LogP contribution is -2.28. The Morgan fingerprint density at radius 2 is 0.855 bits per heavy atom. The van der Waals surface area contributed by atoms with E-state index in [2.05, 4.69) is 200 Å². The molecule has 290 valence electrons. The Bertz CT molecular complexity index is 3400. The summed E-state index contributed by atoms with van der Waals surface area (Å²) in [6.45, 7) is 0. The summed E-state index contributed by atoms with van der Waals surface area (Å²) < 4.78 is 6.41. The monoisotopic (exact) mass is 790 g/mol. The number of rotatable bonds is 7. The number of fused-ring (bicyclic) bond motifs is 6. The van der Waals surface area contributed by atoms with Gasteiger partial charge in [-0.05, 0) is 68.3 Å². The number of hydrogen-bond donors (Lipinski definition) is 0. The third-order valence-electron chi connectivity index (χ3n) is 12.6. The molecule has 0 spiro atoms. The molecule has 12 rings (SSSR count). The number of nitrogens with zero attached hydrogens (tertiary/aromatic N) is 2. The maximum absolute atomic E-state index is 6.41. The van der Waals surface area contributed by atoms with Gasteiger partial charge in [0, 0.05) is 33.0 Å². The van der Waals surface area contributed by atoms with Gasteiger partial charge in [0.2, 0.25) is 0 Å². The molecule has 0 radical (unpaired) electrons. The van der Waals surface area contributed by atoms with E-state index in [1.54, 1.807) is 0 Å². The highest BCUT2D eigenvalue weighted by Crippen LogP contribution is 2.56. The largest absolute Gasteiger partial charge is 0.455 e. The molecular formula is C59H38N2O. The van der Waals surface area contributed by atoms with Crippen LogP contribution in [0.3, 0.4) is 0 Å². The molecular weight excluding hydrogens is 753 g/mol. The third kappa shape index (κ3) is 5.67. The lowest BCUT2D eigenvalue weighted by atomic mass is 9.67. The standard InChI is InChI=1S/C59H38N2O/c1-4-17-41(18-5-1)58-60-54(42-35-36-48-47-24-12-14-29-52(47)59(53(48)37-42,43-19-6-2-7-20-43)44-21-8-3-9-22-44)38-55(61-58)49-25-11-10-23-45(49)39-31-33-40(34-32-39)46-27-16-28-51-50-26-13-15-30-56(50)62-57(46)51/h1-38H. The van der Waals surface area contributed by atoms with Crippen LogP contribution < -0.4 is 0 Å². The van der Waals surface area contributed by atoms with Gasteiger partial charge in [-0.2, -0.15) is 0 Å². The Balaban J connectivity index is 1.01. The van der Waals surface area contributed by atoms with Gasteiger partial charge in [-0.3, -0.25) is 0 Å². The molecule has 11 aromatic rings. The number of benzene rings is 9. The van der Waals surface area contributed by atoms with Gasteiger partial charge >= 0.3 is 0 Å². The van der Waals surface area contributed by atoms with Crippen LogP contribution >= 0.6 is 0 Å². The summed E-state index contributed by atoms with van der Waals surface area (Å²) >= 11 is 0. The zero-order chi connectivity index (χ0) is 41.0. The van der Waals surface area contributed by atoms with E-state index in [1.165, 1.54) is 33.4 Å². The fraction of sp³-hybridized carbons (Fsp3) is 0.0169. The van der Waals surface area contributed by atoms with Crippen LogP contribution in [-0.2, 0) is 5.41 Å². The third-order valence-corrected chi connectivity index (χ3v) is 12.6.